The second-order valence-corrected chi connectivity index (χ2v) is 9.57. The van der Waals surface area contributed by atoms with E-state index in [0.29, 0.717) is 25.1 Å². The maximum absolute atomic E-state index is 13.8. The van der Waals surface area contributed by atoms with Crippen molar-refractivity contribution in [2.75, 3.05) is 27.4 Å². The first-order chi connectivity index (χ1) is 20.1. The van der Waals surface area contributed by atoms with Crippen LogP contribution in [0.4, 0.5) is 0 Å². The summed E-state index contributed by atoms with van der Waals surface area (Å²) < 4.78 is 16.3. The average molecular weight is 553 g/mol. The summed E-state index contributed by atoms with van der Waals surface area (Å²) in [6.45, 7) is 0.483. The van der Waals surface area contributed by atoms with E-state index >= 15 is 0 Å². The summed E-state index contributed by atoms with van der Waals surface area (Å²) in [5.74, 6) is 1.59. The summed E-state index contributed by atoms with van der Waals surface area (Å²) in [5.41, 5.74) is 2.91. The molecule has 1 N–H and O–H groups in total. The lowest BCUT2D eigenvalue weighted by atomic mass is 10.0. The van der Waals surface area contributed by atoms with E-state index in [1.807, 2.05) is 97.1 Å². The molecule has 0 aliphatic heterocycles. The van der Waals surface area contributed by atoms with Crippen molar-refractivity contribution in [1.29, 1.82) is 0 Å². The molecule has 0 saturated carbocycles. The van der Waals surface area contributed by atoms with Crippen LogP contribution in [0.2, 0.25) is 0 Å². The molecule has 1 unspecified atom stereocenters. The topological polar surface area (TPSA) is 77.1 Å². The average Bonchev–Trinajstić information content (AvgIpc) is 3.03. The normalized spacial score (nSPS) is 11.3. The second kappa shape index (κ2) is 15.1. The maximum atomic E-state index is 13.8. The van der Waals surface area contributed by atoms with Crippen LogP contribution < -0.4 is 19.5 Å². The molecule has 4 rings (SSSR count). The Bertz CT molecular complexity index is 1360. The predicted octanol–water partition coefficient (Wildman–Crippen LogP) is 5.08. The molecule has 2 amide bonds. The van der Waals surface area contributed by atoms with Crippen molar-refractivity contribution in [1.82, 2.24) is 10.2 Å². The largest absolute Gasteiger partial charge is 0.497 e. The van der Waals surface area contributed by atoms with Gasteiger partial charge in [-0.05, 0) is 59.5 Å². The van der Waals surface area contributed by atoms with Crippen LogP contribution in [-0.4, -0.2) is 50.1 Å². The fourth-order valence-electron chi connectivity index (χ4n) is 4.47. The molecule has 0 heterocycles. The smallest absolute Gasteiger partial charge is 0.261 e. The molecule has 7 heteroatoms. The molecular formula is C34H36N2O5. The molecule has 7 nitrogen and oxygen atoms in total. The highest BCUT2D eigenvalue weighted by Crippen LogP contribution is 2.19. The molecule has 0 aliphatic carbocycles. The van der Waals surface area contributed by atoms with Crippen LogP contribution in [0.1, 0.15) is 16.7 Å². The first kappa shape index (κ1) is 29.2. The van der Waals surface area contributed by atoms with Gasteiger partial charge in [-0.3, -0.25) is 9.59 Å². The third-order valence-electron chi connectivity index (χ3n) is 6.76. The number of hydrogen-bond donors (Lipinski definition) is 1. The van der Waals surface area contributed by atoms with E-state index in [0.717, 1.165) is 28.2 Å². The molecule has 0 aliphatic rings. The van der Waals surface area contributed by atoms with Gasteiger partial charge in [0, 0.05) is 19.5 Å². The summed E-state index contributed by atoms with van der Waals surface area (Å²) in [7, 11) is 3.24. The summed E-state index contributed by atoms with van der Waals surface area (Å²) in [6.07, 6.45) is 1.01. The number of carbonyl (C=O) groups excluding carboxylic acids is 2. The number of carbonyl (C=O) groups is 2. The van der Waals surface area contributed by atoms with Gasteiger partial charge in [0.15, 0.2) is 6.61 Å². The molecule has 0 aromatic heterocycles. The van der Waals surface area contributed by atoms with Gasteiger partial charge in [0.05, 0.1) is 14.2 Å². The van der Waals surface area contributed by atoms with Gasteiger partial charge in [0.1, 0.15) is 23.3 Å². The molecule has 4 aromatic rings. The quantitative estimate of drug-likeness (QED) is 0.236. The van der Waals surface area contributed by atoms with Gasteiger partial charge in [-0.1, -0.05) is 72.8 Å². The molecule has 0 radical (unpaired) electrons. The number of nitrogens with zero attached hydrogens (tertiary/aromatic N) is 1. The van der Waals surface area contributed by atoms with Crippen LogP contribution >= 0.6 is 0 Å². The van der Waals surface area contributed by atoms with E-state index in [1.165, 1.54) is 0 Å². The first-order valence-electron chi connectivity index (χ1n) is 13.6. The first-order valence-corrected chi connectivity index (χ1v) is 13.6. The van der Waals surface area contributed by atoms with E-state index in [9.17, 15) is 9.59 Å². The molecule has 1 atom stereocenters. The Kier molecular flexibility index (Phi) is 10.8. The second-order valence-electron chi connectivity index (χ2n) is 9.57. The van der Waals surface area contributed by atoms with Gasteiger partial charge in [0.2, 0.25) is 5.91 Å². The Morgan fingerprint density at radius 3 is 1.83 bits per heavy atom. The zero-order valence-electron chi connectivity index (χ0n) is 23.5. The Hall–Kier alpha value is -4.78. The van der Waals surface area contributed by atoms with E-state index in [-0.39, 0.29) is 25.0 Å². The minimum atomic E-state index is -0.748. The highest BCUT2D eigenvalue weighted by molar-refractivity contribution is 5.88. The Balaban J connectivity index is 1.55. The molecule has 4 aromatic carbocycles. The minimum Gasteiger partial charge on any atom is -0.497 e. The maximum Gasteiger partial charge on any atom is 0.261 e. The predicted molar refractivity (Wildman–Crippen MR) is 159 cm³/mol. The van der Waals surface area contributed by atoms with Crippen molar-refractivity contribution in [3.63, 3.8) is 0 Å². The Morgan fingerprint density at radius 2 is 1.24 bits per heavy atom. The summed E-state index contributed by atoms with van der Waals surface area (Å²) in [5, 5.41) is 3.07. The van der Waals surface area contributed by atoms with Crippen molar-refractivity contribution in [3.05, 3.63) is 126 Å². The zero-order valence-corrected chi connectivity index (χ0v) is 23.5. The Labute approximate surface area is 241 Å². The van der Waals surface area contributed by atoms with Crippen molar-refractivity contribution < 1.29 is 23.8 Å². The highest BCUT2D eigenvalue weighted by Gasteiger charge is 2.30. The van der Waals surface area contributed by atoms with Crippen molar-refractivity contribution in [2.45, 2.75) is 25.4 Å². The summed E-state index contributed by atoms with van der Waals surface area (Å²) in [4.78, 5) is 29.1. The van der Waals surface area contributed by atoms with Gasteiger partial charge >= 0.3 is 0 Å². The molecule has 0 bridgehead atoms. The molecule has 212 valence electrons. The molecule has 0 saturated heterocycles. The van der Waals surface area contributed by atoms with Crippen molar-refractivity contribution in [3.8, 4) is 17.2 Å². The summed E-state index contributed by atoms with van der Waals surface area (Å²) in [6, 6.07) is 33.4. The van der Waals surface area contributed by atoms with E-state index in [4.69, 9.17) is 14.2 Å². The molecule has 41 heavy (non-hydrogen) atoms. The lowest BCUT2D eigenvalue weighted by Gasteiger charge is -2.31. The van der Waals surface area contributed by atoms with E-state index in [2.05, 4.69) is 5.32 Å². The van der Waals surface area contributed by atoms with E-state index < -0.39 is 6.04 Å². The van der Waals surface area contributed by atoms with Crippen LogP contribution in [0.25, 0.3) is 0 Å². The minimum absolute atomic E-state index is 0.190. The lowest BCUT2D eigenvalue weighted by Crippen LogP contribution is -2.52. The third-order valence-corrected chi connectivity index (χ3v) is 6.76. The van der Waals surface area contributed by atoms with Crippen LogP contribution in [0.3, 0.4) is 0 Å². The number of nitrogens with one attached hydrogen (secondary N) is 1. The molecule has 0 fully saturated rings. The van der Waals surface area contributed by atoms with Gasteiger partial charge in [0.25, 0.3) is 5.91 Å². The monoisotopic (exact) mass is 552 g/mol. The number of benzene rings is 4. The van der Waals surface area contributed by atoms with E-state index in [1.54, 1.807) is 31.3 Å². The molecular weight excluding hydrogens is 516 g/mol. The van der Waals surface area contributed by atoms with Gasteiger partial charge in [-0.2, -0.15) is 0 Å². The van der Waals surface area contributed by atoms with Gasteiger partial charge in [-0.15, -0.1) is 0 Å². The third kappa shape index (κ3) is 8.86. The van der Waals surface area contributed by atoms with Crippen molar-refractivity contribution in [2.24, 2.45) is 0 Å². The fraction of sp³-hybridized carbons (Fsp3) is 0.235. The molecule has 0 spiro atoms. The van der Waals surface area contributed by atoms with Gasteiger partial charge < -0.3 is 24.4 Å². The Morgan fingerprint density at radius 1 is 0.683 bits per heavy atom. The van der Waals surface area contributed by atoms with Crippen LogP contribution in [-0.2, 0) is 29.0 Å². The van der Waals surface area contributed by atoms with Crippen molar-refractivity contribution >= 4 is 11.8 Å². The number of hydrogen-bond acceptors (Lipinski definition) is 5. The number of ether oxygens (including phenoxy) is 3. The number of para-hydroxylation sites is 1. The van der Waals surface area contributed by atoms with Gasteiger partial charge in [-0.25, -0.2) is 0 Å². The standard InChI is InChI=1S/C34H36N2O5/c1-39-29-17-13-26(14-18-29)21-22-35-34(38)32(23-27-9-5-3-6-10-27)36(24-28-15-19-30(40-2)20-16-28)33(37)25-41-31-11-7-4-8-12-31/h3-20,32H,21-25H2,1-2H3,(H,35,38). The zero-order chi connectivity index (χ0) is 28.9. The van der Waals surface area contributed by atoms with Crippen LogP contribution in [0, 0.1) is 0 Å². The SMILES string of the molecule is COc1ccc(CCNC(=O)C(Cc2ccccc2)N(Cc2ccc(OC)cc2)C(=O)COc2ccccc2)cc1. The number of amides is 2. The van der Waals surface area contributed by atoms with Crippen LogP contribution in [0.15, 0.2) is 109 Å². The summed E-state index contributed by atoms with van der Waals surface area (Å²) >= 11 is 0. The lowest BCUT2D eigenvalue weighted by molar-refractivity contribution is -0.142. The fourth-order valence-corrected chi connectivity index (χ4v) is 4.47. The van der Waals surface area contributed by atoms with Crippen LogP contribution in [0.5, 0.6) is 17.2 Å². The highest BCUT2D eigenvalue weighted by atomic mass is 16.5. The number of rotatable bonds is 14. The number of methoxy groups -OCH3 is 2.